The van der Waals surface area contributed by atoms with Crippen LogP contribution in [-0.2, 0) is 0 Å². The molecule has 0 aliphatic rings. The highest BCUT2D eigenvalue weighted by atomic mass is 16.5. The fourth-order valence-electron chi connectivity index (χ4n) is 2.26. The molecule has 0 radical (unpaired) electrons. The van der Waals surface area contributed by atoms with Crippen molar-refractivity contribution in [2.24, 2.45) is 5.92 Å². The molecular weight excluding hydrogens is 260 g/mol. The first kappa shape index (κ1) is 13.2. The Balaban J connectivity index is 3.20. The molecule has 1 aromatic carbocycles. The van der Waals surface area contributed by atoms with E-state index in [0.29, 0.717) is 35.2 Å². The van der Waals surface area contributed by atoms with Crippen molar-refractivity contribution >= 4 is 6.05 Å². The van der Waals surface area contributed by atoms with E-state index in [0.717, 1.165) is 19.3 Å². The average Bonchev–Trinajstić information content (AvgIpc) is 2.57. The van der Waals surface area contributed by atoms with Crippen molar-refractivity contribution in [1.29, 1.82) is 0 Å². The summed E-state index contributed by atoms with van der Waals surface area (Å²) in [5.41, 5.74) is 1.15. The van der Waals surface area contributed by atoms with Gasteiger partial charge < -0.3 is 9.47 Å². The van der Waals surface area contributed by atoms with Crippen LogP contribution in [0.5, 0.6) is 11.5 Å². The average molecular weight is 293 g/mol. The second-order valence-corrected chi connectivity index (χ2v) is 5.31. The third kappa shape index (κ3) is 5.45. The van der Waals surface area contributed by atoms with Crippen LogP contribution in [0.25, 0.3) is 6.05 Å². The van der Waals surface area contributed by atoms with E-state index < -0.39 is 0 Å². The van der Waals surface area contributed by atoms with E-state index in [9.17, 15) is 0 Å². The Morgan fingerprint density at radius 2 is 2.14 bits per heavy atom. The molecule has 0 aliphatic carbocycles. The lowest BCUT2D eigenvalue weighted by Crippen LogP contribution is -2.12. The van der Waals surface area contributed by atoms with E-state index in [4.69, 9.17) is 13.6 Å². The second-order valence-electron chi connectivity index (χ2n) is 5.31. The lowest BCUT2D eigenvalue weighted by atomic mass is 10.0. The lowest BCUT2D eigenvalue weighted by Gasteiger charge is -2.18. The van der Waals surface area contributed by atoms with Crippen LogP contribution in [0, 0.1) is 12.8 Å². The SMILES string of the molecule is [2H]/C(C)=C(/[2H])c1cc(OC)c(C)c([2H])c1OCC(CC)CCCC. The van der Waals surface area contributed by atoms with E-state index in [1.807, 2.05) is 6.92 Å². The van der Waals surface area contributed by atoms with Gasteiger partial charge in [0.2, 0.25) is 0 Å². The first-order chi connectivity index (χ1) is 11.4. The zero-order chi connectivity index (χ0) is 18.3. The highest BCUT2D eigenvalue weighted by molar-refractivity contribution is 5.61. The molecular formula is C19H30O2. The Morgan fingerprint density at radius 3 is 2.71 bits per heavy atom. The minimum atomic E-state index is 0.0680. The van der Waals surface area contributed by atoms with E-state index in [-0.39, 0.29) is 18.1 Å². The van der Waals surface area contributed by atoms with Gasteiger partial charge in [0.05, 0.1) is 17.8 Å². The quantitative estimate of drug-likeness (QED) is 0.587. The van der Waals surface area contributed by atoms with Crippen molar-refractivity contribution in [3.8, 4) is 11.5 Å². The maximum atomic E-state index is 8.38. The van der Waals surface area contributed by atoms with Gasteiger partial charge in [-0.05, 0) is 43.9 Å². The Kier molecular flexibility index (Phi) is 5.98. The lowest BCUT2D eigenvalue weighted by molar-refractivity contribution is 0.232. The normalized spacial score (nSPS) is 15.6. The predicted molar refractivity (Wildman–Crippen MR) is 91.2 cm³/mol. The number of hydrogen-bond acceptors (Lipinski definition) is 2. The van der Waals surface area contributed by atoms with Gasteiger partial charge in [0.15, 0.2) is 0 Å². The van der Waals surface area contributed by atoms with Crippen LogP contribution in [0.4, 0.5) is 0 Å². The number of allylic oxidation sites excluding steroid dienone is 1. The maximum absolute atomic E-state index is 8.38. The van der Waals surface area contributed by atoms with Crippen LogP contribution in [0.1, 0.15) is 61.7 Å². The van der Waals surface area contributed by atoms with Gasteiger partial charge in [-0.3, -0.25) is 0 Å². The molecule has 2 nitrogen and oxygen atoms in total. The van der Waals surface area contributed by atoms with E-state index >= 15 is 0 Å². The van der Waals surface area contributed by atoms with Gasteiger partial charge in [0, 0.05) is 5.56 Å². The number of unbranched alkanes of at least 4 members (excludes halogenated alkanes) is 1. The summed E-state index contributed by atoms with van der Waals surface area (Å²) >= 11 is 0. The van der Waals surface area contributed by atoms with Crippen LogP contribution in [0.15, 0.2) is 18.2 Å². The van der Waals surface area contributed by atoms with Crippen LogP contribution in [0.2, 0.25) is 0 Å². The van der Waals surface area contributed by atoms with Crippen LogP contribution >= 0.6 is 0 Å². The highest BCUT2D eigenvalue weighted by Crippen LogP contribution is 2.30. The van der Waals surface area contributed by atoms with Crippen molar-refractivity contribution in [1.82, 2.24) is 0 Å². The predicted octanol–water partition coefficient (Wildman–Crippen LogP) is 5.63. The molecule has 0 N–H and O–H groups in total. The number of hydrogen-bond donors (Lipinski definition) is 0. The Labute approximate surface area is 134 Å². The van der Waals surface area contributed by atoms with Crippen LogP contribution in [0.3, 0.4) is 0 Å². The van der Waals surface area contributed by atoms with Gasteiger partial charge in [-0.2, -0.15) is 0 Å². The molecule has 0 heterocycles. The summed E-state index contributed by atoms with van der Waals surface area (Å²) < 4.78 is 35.6. The molecule has 0 bridgehead atoms. The maximum Gasteiger partial charge on any atom is 0.127 e. The standard InChI is InChI=1S/C19H30O2/c1-6-9-11-16(8-3)14-21-19-12-15(4)18(20-5)13-17(19)10-7-2/h7,10,12-13,16H,6,8-9,11,14H2,1-5H3/b10-7+/i7D,10D,12D. The molecule has 1 aromatic rings. The molecule has 1 atom stereocenters. The van der Waals surface area contributed by atoms with Gasteiger partial charge in [-0.1, -0.05) is 45.2 Å². The van der Waals surface area contributed by atoms with Crippen LogP contribution in [-0.4, -0.2) is 13.7 Å². The monoisotopic (exact) mass is 293 g/mol. The highest BCUT2D eigenvalue weighted by Gasteiger charge is 2.11. The zero-order valence-corrected chi connectivity index (χ0v) is 14.0. The van der Waals surface area contributed by atoms with Crippen molar-refractivity contribution < 1.29 is 13.6 Å². The molecule has 0 saturated heterocycles. The Hall–Kier alpha value is -1.44. The summed E-state index contributed by atoms with van der Waals surface area (Å²) in [7, 11) is 1.55. The minimum Gasteiger partial charge on any atom is -0.496 e. The summed E-state index contributed by atoms with van der Waals surface area (Å²) in [6.07, 6.45) is 4.45. The third-order valence-electron chi connectivity index (χ3n) is 3.68. The number of ether oxygens (including phenoxy) is 2. The summed E-state index contributed by atoms with van der Waals surface area (Å²) in [6, 6.07) is 2.15. The molecule has 1 unspecified atom stereocenters. The molecule has 118 valence electrons. The Bertz CT molecular complexity index is 578. The molecule has 0 amide bonds. The number of benzene rings is 1. The minimum absolute atomic E-state index is 0.0680. The first-order valence-corrected chi connectivity index (χ1v) is 7.82. The Morgan fingerprint density at radius 1 is 1.38 bits per heavy atom. The zero-order valence-electron chi connectivity index (χ0n) is 17.0. The van der Waals surface area contributed by atoms with Gasteiger partial charge in [0.1, 0.15) is 11.5 Å². The fourth-order valence-corrected chi connectivity index (χ4v) is 2.26. The van der Waals surface area contributed by atoms with Crippen molar-refractivity contribution in [2.75, 3.05) is 13.7 Å². The molecule has 2 heteroatoms. The van der Waals surface area contributed by atoms with Gasteiger partial charge in [-0.25, -0.2) is 0 Å². The first-order valence-electron chi connectivity index (χ1n) is 9.32. The molecule has 0 fully saturated rings. The van der Waals surface area contributed by atoms with Crippen molar-refractivity contribution in [2.45, 2.75) is 53.4 Å². The molecule has 1 rings (SSSR count). The number of methoxy groups -OCH3 is 1. The third-order valence-corrected chi connectivity index (χ3v) is 3.68. The summed E-state index contributed by atoms with van der Waals surface area (Å²) in [4.78, 5) is 0. The summed E-state index contributed by atoms with van der Waals surface area (Å²) in [6.45, 7) is 8.24. The van der Waals surface area contributed by atoms with E-state index in [1.165, 1.54) is 6.42 Å². The van der Waals surface area contributed by atoms with E-state index in [1.54, 1.807) is 20.1 Å². The molecule has 0 saturated carbocycles. The van der Waals surface area contributed by atoms with Crippen LogP contribution < -0.4 is 9.47 Å². The molecule has 0 aromatic heterocycles. The molecule has 0 aliphatic heterocycles. The van der Waals surface area contributed by atoms with Gasteiger partial charge >= 0.3 is 0 Å². The summed E-state index contributed by atoms with van der Waals surface area (Å²) in [5.74, 6) is 1.38. The summed E-state index contributed by atoms with van der Waals surface area (Å²) in [5, 5.41) is 0. The largest absolute Gasteiger partial charge is 0.496 e. The molecule has 0 spiro atoms. The van der Waals surface area contributed by atoms with Crippen molar-refractivity contribution in [3.05, 3.63) is 29.3 Å². The fraction of sp³-hybridized carbons (Fsp3) is 0.579. The topological polar surface area (TPSA) is 18.5 Å². The second kappa shape index (κ2) is 9.49. The molecule has 21 heavy (non-hydrogen) atoms. The smallest absolute Gasteiger partial charge is 0.127 e. The van der Waals surface area contributed by atoms with E-state index in [2.05, 4.69) is 13.8 Å². The van der Waals surface area contributed by atoms with Gasteiger partial charge in [0.25, 0.3) is 0 Å². The number of rotatable bonds is 9. The van der Waals surface area contributed by atoms with Crippen molar-refractivity contribution in [3.63, 3.8) is 0 Å². The van der Waals surface area contributed by atoms with Gasteiger partial charge in [-0.15, -0.1) is 0 Å².